The number of carbonyl (C=O) groups is 2. The fourth-order valence-electron chi connectivity index (χ4n) is 3.14. The Kier molecular flexibility index (Phi) is 9.47. The molecule has 2 atom stereocenters. The molecule has 0 bridgehead atoms. The van der Waals surface area contributed by atoms with Gasteiger partial charge in [0.25, 0.3) is 0 Å². The fourth-order valence-corrected chi connectivity index (χ4v) is 3.87. The molecule has 2 amide bonds. The van der Waals surface area contributed by atoms with Crippen molar-refractivity contribution in [2.24, 2.45) is 0 Å². The second-order valence-corrected chi connectivity index (χ2v) is 8.52. The molecule has 0 fully saturated rings. The van der Waals surface area contributed by atoms with Crippen molar-refractivity contribution in [2.75, 3.05) is 0 Å². The Hall–Kier alpha value is -1.75. The smallest absolute Gasteiger partial charge is 0.243 e. The summed E-state index contributed by atoms with van der Waals surface area (Å²) in [7, 11) is 0. The van der Waals surface area contributed by atoms with Gasteiger partial charge in [0.1, 0.15) is 6.04 Å². The van der Waals surface area contributed by atoms with Crippen LogP contribution in [0.25, 0.3) is 0 Å². The van der Waals surface area contributed by atoms with Gasteiger partial charge in [-0.2, -0.15) is 0 Å². The average molecular weight is 470 g/mol. The Balaban J connectivity index is 2.37. The number of nitrogens with one attached hydrogen (secondary N) is 1. The summed E-state index contributed by atoms with van der Waals surface area (Å²) in [4.78, 5) is 27.9. The molecule has 162 valence electrons. The minimum Gasteiger partial charge on any atom is -0.352 e. The molecule has 0 saturated carbocycles. The molecule has 0 aromatic heterocycles. The highest BCUT2D eigenvalue weighted by Gasteiger charge is 2.30. The van der Waals surface area contributed by atoms with Gasteiger partial charge in [0.2, 0.25) is 11.8 Å². The molecule has 0 aliphatic carbocycles. The van der Waals surface area contributed by atoms with Crippen LogP contribution in [0.2, 0.25) is 15.1 Å². The van der Waals surface area contributed by atoms with E-state index in [0.717, 1.165) is 12.0 Å². The quantitative estimate of drug-likeness (QED) is 0.496. The van der Waals surface area contributed by atoms with Crippen molar-refractivity contribution in [1.82, 2.24) is 10.2 Å². The molecule has 30 heavy (non-hydrogen) atoms. The van der Waals surface area contributed by atoms with Gasteiger partial charge in [0.15, 0.2) is 0 Å². The molecule has 0 saturated heterocycles. The van der Waals surface area contributed by atoms with E-state index in [0.29, 0.717) is 27.1 Å². The Morgan fingerprint density at radius 3 is 2.20 bits per heavy atom. The maximum atomic E-state index is 13.3. The van der Waals surface area contributed by atoms with Crippen molar-refractivity contribution in [2.45, 2.75) is 58.7 Å². The molecule has 0 spiro atoms. The van der Waals surface area contributed by atoms with E-state index < -0.39 is 6.04 Å². The standard InChI is InChI=1S/C23H27Cl3N2O2/c1-4-15(3)27-23(30)21(5-2)28(14-18-19(25)10-7-11-20(18)26)22(29)13-16-8-6-9-17(24)12-16/h6-12,15,21H,4-5,13-14H2,1-3H3,(H,27,30)/t15-,21+/m0/s1. The van der Waals surface area contributed by atoms with E-state index >= 15 is 0 Å². The normalized spacial score (nSPS) is 12.9. The molecule has 0 aliphatic rings. The summed E-state index contributed by atoms with van der Waals surface area (Å²) in [5.74, 6) is -0.381. The van der Waals surface area contributed by atoms with E-state index in [1.54, 1.807) is 41.3 Å². The van der Waals surface area contributed by atoms with Crippen molar-refractivity contribution < 1.29 is 9.59 Å². The summed E-state index contributed by atoms with van der Waals surface area (Å²) in [6.45, 7) is 5.96. The summed E-state index contributed by atoms with van der Waals surface area (Å²) in [5, 5.41) is 4.46. The van der Waals surface area contributed by atoms with Crippen LogP contribution < -0.4 is 5.32 Å². The van der Waals surface area contributed by atoms with Gasteiger partial charge in [-0.3, -0.25) is 9.59 Å². The molecule has 4 nitrogen and oxygen atoms in total. The number of rotatable bonds is 9. The van der Waals surface area contributed by atoms with Crippen LogP contribution in [-0.2, 0) is 22.6 Å². The zero-order valence-electron chi connectivity index (χ0n) is 17.4. The van der Waals surface area contributed by atoms with E-state index in [4.69, 9.17) is 34.8 Å². The zero-order chi connectivity index (χ0) is 22.3. The number of hydrogen-bond acceptors (Lipinski definition) is 2. The Morgan fingerprint density at radius 1 is 1.00 bits per heavy atom. The number of benzene rings is 2. The maximum Gasteiger partial charge on any atom is 0.243 e. The van der Waals surface area contributed by atoms with Crippen molar-refractivity contribution >= 4 is 46.6 Å². The first-order valence-electron chi connectivity index (χ1n) is 10.0. The van der Waals surface area contributed by atoms with Crippen LogP contribution >= 0.6 is 34.8 Å². The second-order valence-electron chi connectivity index (χ2n) is 7.27. The predicted molar refractivity (Wildman–Crippen MR) is 124 cm³/mol. The number of nitrogens with zero attached hydrogens (tertiary/aromatic N) is 1. The third kappa shape index (κ3) is 6.63. The first kappa shape index (κ1) is 24.5. The van der Waals surface area contributed by atoms with E-state index in [-0.39, 0.29) is 30.8 Å². The summed E-state index contributed by atoms with van der Waals surface area (Å²) >= 11 is 18.8. The molecular weight excluding hydrogens is 443 g/mol. The van der Waals surface area contributed by atoms with Crippen LogP contribution in [0.1, 0.15) is 44.7 Å². The Labute approximate surface area is 193 Å². The third-order valence-electron chi connectivity index (χ3n) is 5.02. The van der Waals surface area contributed by atoms with Crippen molar-refractivity contribution in [3.8, 4) is 0 Å². The molecule has 0 radical (unpaired) electrons. The van der Waals surface area contributed by atoms with E-state index in [9.17, 15) is 9.59 Å². The summed E-state index contributed by atoms with van der Waals surface area (Å²) in [6.07, 6.45) is 1.39. The fraction of sp³-hybridized carbons (Fsp3) is 0.391. The highest BCUT2D eigenvalue weighted by Crippen LogP contribution is 2.27. The molecule has 7 heteroatoms. The zero-order valence-corrected chi connectivity index (χ0v) is 19.7. The van der Waals surface area contributed by atoms with Gasteiger partial charge in [0.05, 0.1) is 6.42 Å². The Bertz CT molecular complexity index is 868. The van der Waals surface area contributed by atoms with Gasteiger partial charge in [-0.15, -0.1) is 0 Å². The van der Waals surface area contributed by atoms with Crippen LogP contribution in [0.3, 0.4) is 0 Å². The first-order chi connectivity index (χ1) is 14.3. The SMILES string of the molecule is CC[C@H](C(=O)N[C@@H](C)CC)N(Cc1c(Cl)cccc1Cl)C(=O)Cc1cccc(Cl)c1. The molecule has 0 aliphatic heterocycles. The number of carbonyl (C=O) groups excluding carboxylic acids is 2. The molecule has 2 aromatic rings. The van der Waals surface area contributed by atoms with Gasteiger partial charge in [-0.05, 0) is 49.6 Å². The lowest BCUT2D eigenvalue weighted by molar-refractivity contribution is -0.141. The average Bonchev–Trinajstić information content (AvgIpc) is 2.69. The monoisotopic (exact) mass is 468 g/mol. The van der Waals surface area contributed by atoms with E-state index in [1.165, 1.54) is 0 Å². The molecule has 0 heterocycles. The van der Waals surface area contributed by atoms with Crippen molar-refractivity contribution in [1.29, 1.82) is 0 Å². The first-order valence-corrected chi connectivity index (χ1v) is 11.2. The minimum atomic E-state index is -0.641. The predicted octanol–water partition coefficient (Wildman–Crippen LogP) is 5.91. The van der Waals surface area contributed by atoms with Crippen LogP contribution in [0.5, 0.6) is 0 Å². The largest absolute Gasteiger partial charge is 0.352 e. The van der Waals surface area contributed by atoms with Crippen LogP contribution in [0.15, 0.2) is 42.5 Å². The molecular formula is C23H27Cl3N2O2. The summed E-state index contributed by atoms with van der Waals surface area (Å²) in [5.41, 5.74) is 1.40. The van der Waals surface area contributed by atoms with Gasteiger partial charge < -0.3 is 10.2 Å². The minimum absolute atomic E-state index is 0.0142. The molecule has 0 unspecified atom stereocenters. The molecule has 2 aromatic carbocycles. The van der Waals surface area contributed by atoms with E-state index in [1.807, 2.05) is 26.8 Å². The maximum absolute atomic E-state index is 13.3. The van der Waals surface area contributed by atoms with Crippen molar-refractivity contribution in [3.05, 3.63) is 68.7 Å². The second kappa shape index (κ2) is 11.6. The molecule has 1 N–H and O–H groups in total. The molecule has 2 rings (SSSR count). The van der Waals surface area contributed by atoms with Crippen molar-refractivity contribution in [3.63, 3.8) is 0 Å². The topological polar surface area (TPSA) is 49.4 Å². The van der Waals surface area contributed by atoms with E-state index in [2.05, 4.69) is 5.32 Å². The summed E-state index contributed by atoms with van der Waals surface area (Å²) in [6, 6.07) is 11.7. The lowest BCUT2D eigenvalue weighted by Gasteiger charge is -2.32. The van der Waals surface area contributed by atoms with Gasteiger partial charge in [0, 0.05) is 33.2 Å². The Morgan fingerprint density at radius 2 is 1.63 bits per heavy atom. The van der Waals surface area contributed by atoms with Gasteiger partial charge in [-0.1, -0.05) is 66.8 Å². The highest BCUT2D eigenvalue weighted by molar-refractivity contribution is 6.36. The van der Waals surface area contributed by atoms with Gasteiger partial charge >= 0.3 is 0 Å². The van der Waals surface area contributed by atoms with Gasteiger partial charge in [-0.25, -0.2) is 0 Å². The summed E-state index contributed by atoms with van der Waals surface area (Å²) < 4.78 is 0. The number of hydrogen-bond donors (Lipinski definition) is 1. The van der Waals surface area contributed by atoms with Crippen LogP contribution in [0.4, 0.5) is 0 Å². The van der Waals surface area contributed by atoms with Crippen LogP contribution in [-0.4, -0.2) is 28.8 Å². The number of amides is 2. The lowest BCUT2D eigenvalue weighted by Crippen LogP contribution is -2.51. The lowest BCUT2D eigenvalue weighted by atomic mass is 10.1. The van der Waals surface area contributed by atoms with Crippen LogP contribution in [0, 0.1) is 0 Å². The number of halogens is 3. The highest BCUT2D eigenvalue weighted by atomic mass is 35.5. The third-order valence-corrected chi connectivity index (χ3v) is 5.96.